The Morgan fingerprint density at radius 2 is 1.86 bits per heavy atom. The van der Waals surface area contributed by atoms with Gasteiger partial charge in [0, 0.05) is 6.04 Å². The molecule has 3 N–H and O–H groups in total. The van der Waals surface area contributed by atoms with Gasteiger partial charge in [0.2, 0.25) is 0 Å². The van der Waals surface area contributed by atoms with Crippen LogP contribution in [0.3, 0.4) is 0 Å². The lowest BCUT2D eigenvalue weighted by molar-refractivity contribution is -0.141. The van der Waals surface area contributed by atoms with Crippen LogP contribution in [0.25, 0.3) is 0 Å². The molecule has 0 heterocycles. The van der Waals surface area contributed by atoms with Crippen molar-refractivity contribution in [3.8, 4) is 0 Å². The quantitative estimate of drug-likeness (QED) is 0.751. The fraction of sp³-hybridized carbons (Fsp3) is 0.385. The first-order chi connectivity index (χ1) is 9.88. The maximum Gasteiger partial charge on any atom is 0.319 e. The highest BCUT2D eigenvalue weighted by Crippen LogP contribution is 2.26. The van der Waals surface area contributed by atoms with E-state index >= 15 is 0 Å². The van der Waals surface area contributed by atoms with E-state index in [4.69, 9.17) is 5.11 Å². The van der Waals surface area contributed by atoms with Crippen LogP contribution in [0.4, 0.5) is 23.7 Å². The Morgan fingerprint density at radius 3 is 2.48 bits per heavy atom. The molecule has 114 valence electrons. The van der Waals surface area contributed by atoms with Crippen molar-refractivity contribution in [3.63, 3.8) is 0 Å². The van der Waals surface area contributed by atoms with Crippen molar-refractivity contribution in [2.45, 2.75) is 25.3 Å². The number of carboxylic acid groups (broad SMARTS) is 1. The monoisotopic (exact) mass is 302 g/mol. The Balaban J connectivity index is 1.94. The largest absolute Gasteiger partial charge is 0.481 e. The standard InChI is InChI=1S/C13H13F3N2O3/c14-8-3-4-9(11(16)10(8)15)18-13(21)17-7-2-1-6(5-7)12(19)20/h3-4,6-7H,1-2,5H2,(H,19,20)(H2,17,18,21)/t6-,7+/m1/s1. The Hall–Kier alpha value is -2.25. The van der Waals surface area contributed by atoms with E-state index in [0.29, 0.717) is 18.9 Å². The van der Waals surface area contributed by atoms with Crippen molar-refractivity contribution in [1.29, 1.82) is 0 Å². The summed E-state index contributed by atoms with van der Waals surface area (Å²) in [5.74, 6) is -5.94. The number of benzene rings is 1. The van der Waals surface area contributed by atoms with Crippen LogP contribution in [-0.2, 0) is 4.79 Å². The van der Waals surface area contributed by atoms with E-state index in [2.05, 4.69) is 10.6 Å². The maximum atomic E-state index is 13.4. The number of anilines is 1. The van der Waals surface area contributed by atoms with E-state index < -0.39 is 41.1 Å². The average molecular weight is 302 g/mol. The van der Waals surface area contributed by atoms with Crippen LogP contribution < -0.4 is 10.6 Å². The van der Waals surface area contributed by atoms with Crippen molar-refractivity contribution in [1.82, 2.24) is 5.32 Å². The molecular formula is C13H13F3N2O3. The maximum absolute atomic E-state index is 13.4. The lowest BCUT2D eigenvalue weighted by atomic mass is 10.1. The first kappa shape index (κ1) is 15.1. The zero-order valence-electron chi connectivity index (χ0n) is 10.8. The number of halogens is 3. The Morgan fingerprint density at radius 1 is 1.14 bits per heavy atom. The molecule has 1 aromatic carbocycles. The number of carboxylic acids is 1. The number of hydrogen-bond donors (Lipinski definition) is 3. The molecular weight excluding hydrogens is 289 g/mol. The lowest BCUT2D eigenvalue weighted by Gasteiger charge is -2.14. The summed E-state index contributed by atoms with van der Waals surface area (Å²) in [6, 6.07) is 0.460. The Labute approximate surface area is 118 Å². The number of nitrogens with one attached hydrogen (secondary N) is 2. The molecule has 0 radical (unpaired) electrons. The predicted octanol–water partition coefficient (Wildman–Crippen LogP) is 2.48. The molecule has 2 atom stereocenters. The molecule has 1 aromatic rings. The fourth-order valence-electron chi connectivity index (χ4n) is 2.30. The number of hydrogen-bond acceptors (Lipinski definition) is 2. The van der Waals surface area contributed by atoms with Crippen LogP contribution in [0.15, 0.2) is 12.1 Å². The average Bonchev–Trinajstić information content (AvgIpc) is 2.88. The third-order valence-corrected chi connectivity index (χ3v) is 3.40. The van der Waals surface area contributed by atoms with Gasteiger partial charge in [-0.2, -0.15) is 0 Å². The fourth-order valence-corrected chi connectivity index (χ4v) is 2.30. The molecule has 5 nitrogen and oxygen atoms in total. The van der Waals surface area contributed by atoms with Gasteiger partial charge in [-0.3, -0.25) is 4.79 Å². The molecule has 0 saturated heterocycles. The summed E-state index contributed by atoms with van der Waals surface area (Å²) >= 11 is 0. The zero-order chi connectivity index (χ0) is 15.6. The number of carbonyl (C=O) groups excluding carboxylic acids is 1. The third kappa shape index (κ3) is 3.45. The summed E-state index contributed by atoms with van der Waals surface area (Å²) in [6.07, 6.45) is 1.22. The minimum absolute atomic E-state index is 0.281. The summed E-state index contributed by atoms with van der Waals surface area (Å²) in [4.78, 5) is 22.4. The van der Waals surface area contributed by atoms with Crippen molar-refractivity contribution in [3.05, 3.63) is 29.6 Å². The molecule has 2 amide bonds. The van der Waals surface area contributed by atoms with Crippen LogP contribution in [0, 0.1) is 23.4 Å². The highest BCUT2D eigenvalue weighted by atomic mass is 19.2. The van der Waals surface area contributed by atoms with E-state index in [-0.39, 0.29) is 12.5 Å². The minimum atomic E-state index is -1.67. The molecule has 1 saturated carbocycles. The summed E-state index contributed by atoms with van der Waals surface area (Å²) in [6.45, 7) is 0. The van der Waals surface area contributed by atoms with Crippen LogP contribution in [0.5, 0.6) is 0 Å². The number of urea groups is 1. The summed E-state index contributed by atoms with van der Waals surface area (Å²) in [5, 5.41) is 13.4. The smallest absolute Gasteiger partial charge is 0.319 e. The SMILES string of the molecule is O=C(Nc1ccc(F)c(F)c1F)N[C@H]1CC[C@@H](C(=O)O)C1. The lowest BCUT2D eigenvalue weighted by Crippen LogP contribution is -2.37. The van der Waals surface area contributed by atoms with Gasteiger partial charge in [0.15, 0.2) is 17.5 Å². The molecule has 0 aliphatic heterocycles. The molecule has 8 heteroatoms. The number of amides is 2. The van der Waals surface area contributed by atoms with Crippen LogP contribution in [0.1, 0.15) is 19.3 Å². The van der Waals surface area contributed by atoms with Crippen molar-refractivity contribution < 1.29 is 27.9 Å². The van der Waals surface area contributed by atoms with Crippen molar-refractivity contribution >= 4 is 17.7 Å². The predicted molar refractivity (Wildman–Crippen MR) is 67.2 cm³/mol. The van der Waals surface area contributed by atoms with E-state index in [1.54, 1.807) is 0 Å². The van der Waals surface area contributed by atoms with Gasteiger partial charge in [-0.25, -0.2) is 18.0 Å². The first-order valence-electron chi connectivity index (χ1n) is 6.32. The molecule has 0 spiro atoms. The van der Waals surface area contributed by atoms with E-state index in [9.17, 15) is 22.8 Å². The zero-order valence-corrected chi connectivity index (χ0v) is 10.8. The van der Waals surface area contributed by atoms with Crippen LogP contribution >= 0.6 is 0 Å². The molecule has 1 aliphatic carbocycles. The molecule has 21 heavy (non-hydrogen) atoms. The Bertz CT molecular complexity index is 580. The topological polar surface area (TPSA) is 78.4 Å². The van der Waals surface area contributed by atoms with Gasteiger partial charge in [-0.15, -0.1) is 0 Å². The first-order valence-corrected chi connectivity index (χ1v) is 6.32. The van der Waals surface area contributed by atoms with E-state index in [1.165, 1.54) is 0 Å². The van der Waals surface area contributed by atoms with Gasteiger partial charge in [0.1, 0.15) is 0 Å². The Kier molecular flexibility index (Phi) is 4.35. The second-order valence-corrected chi connectivity index (χ2v) is 4.87. The molecule has 0 unspecified atom stereocenters. The summed E-state index contributed by atoms with van der Waals surface area (Å²) in [7, 11) is 0. The highest BCUT2D eigenvalue weighted by Gasteiger charge is 2.30. The van der Waals surface area contributed by atoms with Gasteiger partial charge < -0.3 is 15.7 Å². The van der Waals surface area contributed by atoms with E-state index in [0.717, 1.165) is 6.07 Å². The summed E-state index contributed by atoms with van der Waals surface area (Å²) in [5.41, 5.74) is -0.487. The molecule has 1 aliphatic rings. The highest BCUT2D eigenvalue weighted by molar-refractivity contribution is 5.89. The van der Waals surface area contributed by atoms with Crippen molar-refractivity contribution in [2.75, 3.05) is 5.32 Å². The van der Waals surface area contributed by atoms with Gasteiger partial charge in [-0.05, 0) is 31.4 Å². The number of carbonyl (C=O) groups is 2. The second-order valence-electron chi connectivity index (χ2n) is 4.87. The normalized spacial score (nSPS) is 21.1. The number of rotatable bonds is 3. The third-order valence-electron chi connectivity index (χ3n) is 3.40. The molecule has 0 bridgehead atoms. The van der Waals surface area contributed by atoms with Gasteiger partial charge in [0.25, 0.3) is 0 Å². The van der Waals surface area contributed by atoms with Crippen molar-refractivity contribution in [2.24, 2.45) is 5.92 Å². The number of aliphatic carboxylic acids is 1. The summed E-state index contributed by atoms with van der Waals surface area (Å²) < 4.78 is 39.1. The van der Waals surface area contributed by atoms with Crippen LogP contribution in [-0.4, -0.2) is 23.1 Å². The van der Waals surface area contributed by atoms with Gasteiger partial charge in [-0.1, -0.05) is 0 Å². The molecule has 0 aromatic heterocycles. The second kappa shape index (κ2) is 6.02. The van der Waals surface area contributed by atoms with E-state index in [1.807, 2.05) is 0 Å². The molecule has 1 fully saturated rings. The van der Waals surface area contributed by atoms with Gasteiger partial charge in [0.05, 0.1) is 11.6 Å². The van der Waals surface area contributed by atoms with Crippen LogP contribution in [0.2, 0.25) is 0 Å². The molecule has 2 rings (SSSR count). The van der Waals surface area contributed by atoms with Gasteiger partial charge >= 0.3 is 12.0 Å². The minimum Gasteiger partial charge on any atom is -0.481 e.